The molecule has 1 aromatic rings. The summed E-state index contributed by atoms with van der Waals surface area (Å²) in [6.45, 7) is 2.03. The highest BCUT2D eigenvalue weighted by molar-refractivity contribution is 6.43. The summed E-state index contributed by atoms with van der Waals surface area (Å²) in [7, 11) is 3.17. The Morgan fingerprint density at radius 3 is 2.50 bits per heavy atom. The van der Waals surface area contributed by atoms with Crippen molar-refractivity contribution in [2.24, 2.45) is 5.92 Å². The van der Waals surface area contributed by atoms with Crippen LogP contribution in [0.3, 0.4) is 0 Å². The largest absolute Gasteiger partial charge is 0.397 e. The van der Waals surface area contributed by atoms with Crippen molar-refractivity contribution in [2.45, 2.75) is 6.92 Å². The summed E-state index contributed by atoms with van der Waals surface area (Å²) in [6, 6.07) is 2.93. The Kier molecular flexibility index (Phi) is 5.65. The number of carbonyl (C=O) groups is 2. The van der Waals surface area contributed by atoms with Crippen LogP contribution < -0.4 is 11.1 Å². The Balaban J connectivity index is 2.87. The zero-order valence-corrected chi connectivity index (χ0v) is 13.0. The predicted octanol–water partition coefficient (Wildman–Crippen LogP) is 2.03. The molecule has 2 amide bonds. The van der Waals surface area contributed by atoms with Crippen LogP contribution in [0, 0.1) is 5.92 Å². The van der Waals surface area contributed by atoms with Gasteiger partial charge in [-0.2, -0.15) is 0 Å². The molecule has 20 heavy (non-hydrogen) atoms. The zero-order chi connectivity index (χ0) is 15.4. The highest BCUT2D eigenvalue weighted by Gasteiger charge is 2.19. The third-order valence-electron chi connectivity index (χ3n) is 2.89. The maximum Gasteiger partial charge on any atom is 0.253 e. The van der Waals surface area contributed by atoms with Crippen LogP contribution in [0.25, 0.3) is 0 Å². The third kappa shape index (κ3) is 3.77. The van der Waals surface area contributed by atoms with E-state index in [-0.39, 0.29) is 33.5 Å². The summed E-state index contributed by atoms with van der Waals surface area (Å²) in [5.74, 6) is -0.710. The van der Waals surface area contributed by atoms with Gasteiger partial charge in [0.05, 0.1) is 21.7 Å². The van der Waals surface area contributed by atoms with Crippen LogP contribution in [0.15, 0.2) is 12.1 Å². The Bertz CT molecular complexity index is 511. The lowest BCUT2D eigenvalue weighted by molar-refractivity contribution is -0.124. The smallest absolute Gasteiger partial charge is 0.253 e. The minimum absolute atomic E-state index is 0.127. The Morgan fingerprint density at radius 1 is 1.40 bits per heavy atom. The van der Waals surface area contributed by atoms with Gasteiger partial charge in [-0.25, -0.2) is 0 Å². The van der Waals surface area contributed by atoms with Crippen LogP contribution >= 0.6 is 23.2 Å². The van der Waals surface area contributed by atoms with Gasteiger partial charge in [-0.15, -0.1) is 0 Å². The molecule has 0 aromatic heterocycles. The van der Waals surface area contributed by atoms with Gasteiger partial charge >= 0.3 is 0 Å². The van der Waals surface area contributed by atoms with Gasteiger partial charge in [0.1, 0.15) is 0 Å². The summed E-state index contributed by atoms with van der Waals surface area (Å²) in [6.07, 6.45) is 0. The molecule has 5 nitrogen and oxygen atoms in total. The van der Waals surface area contributed by atoms with Crippen molar-refractivity contribution < 1.29 is 9.59 Å². The second-order valence-corrected chi connectivity index (χ2v) is 5.35. The van der Waals surface area contributed by atoms with Gasteiger partial charge in [0.2, 0.25) is 5.91 Å². The fourth-order valence-electron chi connectivity index (χ4n) is 1.78. The minimum Gasteiger partial charge on any atom is -0.397 e. The number of carbonyl (C=O) groups excluding carboxylic acids is 2. The van der Waals surface area contributed by atoms with Crippen molar-refractivity contribution >= 4 is 40.7 Å². The van der Waals surface area contributed by atoms with Gasteiger partial charge in [0, 0.05) is 26.2 Å². The van der Waals surface area contributed by atoms with Crippen molar-refractivity contribution in [3.8, 4) is 0 Å². The van der Waals surface area contributed by atoms with E-state index in [0.717, 1.165) is 0 Å². The van der Waals surface area contributed by atoms with Crippen molar-refractivity contribution in [3.63, 3.8) is 0 Å². The van der Waals surface area contributed by atoms with Gasteiger partial charge in [0.25, 0.3) is 5.91 Å². The first-order valence-corrected chi connectivity index (χ1v) is 6.75. The number of nitrogen functional groups attached to an aromatic ring is 1. The van der Waals surface area contributed by atoms with Crippen molar-refractivity contribution in [3.05, 3.63) is 27.7 Å². The molecule has 0 saturated heterocycles. The van der Waals surface area contributed by atoms with E-state index in [9.17, 15) is 9.59 Å². The van der Waals surface area contributed by atoms with E-state index in [1.54, 1.807) is 21.0 Å². The van der Waals surface area contributed by atoms with Crippen molar-refractivity contribution in [1.29, 1.82) is 0 Å². The normalized spacial score (nSPS) is 11.8. The van der Waals surface area contributed by atoms with Gasteiger partial charge in [-0.05, 0) is 12.1 Å². The number of nitrogens with one attached hydrogen (secondary N) is 1. The summed E-state index contributed by atoms with van der Waals surface area (Å²) >= 11 is 11.7. The fourth-order valence-corrected chi connectivity index (χ4v) is 2.11. The summed E-state index contributed by atoms with van der Waals surface area (Å²) in [5.41, 5.74) is 6.26. The molecule has 7 heteroatoms. The van der Waals surface area contributed by atoms with Crippen LogP contribution in [0.2, 0.25) is 10.0 Å². The van der Waals surface area contributed by atoms with Crippen LogP contribution in [0.4, 0.5) is 5.69 Å². The summed E-state index contributed by atoms with van der Waals surface area (Å²) in [5, 5.41) is 2.99. The first-order chi connectivity index (χ1) is 9.27. The maximum absolute atomic E-state index is 12.2. The highest BCUT2D eigenvalue weighted by atomic mass is 35.5. The summed E-state index contributed by atoms with van der Waals surface area (Å²) < 4.78 is 0. The molecular formula is C13H17Cl2N3O2. The van der Waals surface area contributed by atoms with Crippen LogP contribution in [-0.4, -0.2) is 37.4 Å². The van der Waals surface area contributed by atoms with E-state index in [2.05, 4.69) is 5.32 Å². The number of benzene rings is 1. The average Bonchev–Trinajstić information content (AvgIpc) is 2.42. The number of nitrogens with zero attached hydrogens (tertiary/aromatic N) is 1. The number of anilines is 1. The van der Waals surface area contributed by atoms with Crippen LogP contribution in [-0.2, 0) is 4.79 Å². The lowest BCUT2D eigenvalue weighted by atomic mass is 10.1. The summed E-state index contributed by atoms with van der Waals surface area (Å²) in [4.78, 5) is 25.1. The molecule has 0 spiro atoms. The Labute approximate surface area is 128 Å². The van der Waals surface area contributed by atoms with Crippen molar-refractivity contribution in [2.75, 3.05) is 26.4 Å². The first-order valence-electron chi connectivity index (χ1n) is 5.99. The first kappa shape index (κ1) is 16.6. The molecule has 0 aliphatic carbocycles. The average molecular weight is 318 g/mol. The van der Waals surface area contributed by atoms with E-state index in [4.69, 9.17) is 28.9 Å². The van der Waals surface area contributed by atoms with Crippen LogP contribution in [0.1, 0.15) is 17.3 Å². The van der Waals surface area contributed by atoms with Crippen molar-refractivity contribution in [1.82, 2.24) is 10.2 Å². The van der Waals surface area contributed by atoms with Gasteiger partial charge in [-0.3, -0.25) is 9.59 Å². The lowest BCUT2D eigenvalue weighted by Crippen LogP contribution is -2.37. The number of amides is 2. The van der Waals surface area contributed by atoms with E-state index >= 15 is 0 Å². The Hall–Kier alpha value is -1.46. The number of hydrogen-bond donors (Lipinski definition) is 2. The topological polar surface area (TPSA) is 75.4 Å². The highest BCUT2D eigenvalue weighted by Crippen LogP contribution is 2.29. The Morgan fingerprint density at radius 2 is 2.00 bits per heavy atom. The molecule has 1 atom stereocenters. The van der Waals surface area contributed by atoms with E-state index in [1.807, 2.05) is 0 Å². The fraction of sp³-hybridized carbons (Fsp3) is 0.385. The molecule has 0 radical (unpaired) electrons. The molecule has 0 bridgehead atoms. The molecule has 3 N–H and O–H groups in total. The molecule has 1 aromatic carbocycles. The SMILES string of the molecule is CNC(=O)C(C)CN(C)C(=O)c1cc(N)c(Cl)c(Cl)c1. The van der Waals surface area contributed by atoms with Gasteiger partial charge < -0.3 is 16.0 Å². The number of nitrogens with two attached hydrogens (primary N) is 1. The van der Waals surface area contributed by atoms with E-state index in [0.29, 0.717) is 12.1 Å². The molecule has 0 aliphatic heterocycles. The molecular weight excluding hydrogens is 301 g/mol. The zero-order valence-electron chi connectivity index (χ0n) is 11.5. The maximum atomic E-state index is 12.2. The molecule has 0 saturated carbocycles. The molecule has 1 rings (SSSR count). The standard InChI is InChI=1S/C13H17Cl2N3O2/c1-7(12(19)17-2)6-18(3)13(20)8-4-9(14)11(15)10(16)5-8/h4-5,7H,6,16H2,1-3H3,(H,17,19). The second-order valence-electron chi connectivity index (χ2n) is 4.56. The van der Waals surface area contributed by atoms with Crippen LogP contribution in [0.5, 0.6) is 0 Å². The van der Waals surface area contributed by atoms with Gasteiger partial charge in [-0.1, -0.05) is 30.1 Å². The molecule has 0 fully saturated rings. The second kappa shape index (κ2) is 6.81. The minimum atomic E-state index is -0.311. The molecule has 110 valence electrons. The number of hydrogen-bond acceptors (Lipinski definition) is 3. The number of halogens is 2. The monoisotopic (exact) mass is 317 g/mol. The third-order valence-corrected chi connectivity index (χ3v) is 3.71. The molecule has 0 aliphatic rings. The van der Waals surface area contributed by atoms with E-state index in [1.165, 1.54) is 17.0 Å². The predicted molar refractivity (Wildman–Crippen MR) is 81.1 cm³/mol. The molecule has 1 unspecified atom stereocenters. The number of rotatable bonds is 4. The van der Waals surface area contributed by atoms with E-state index < -0.39 is 0 Å². The quantitative estimate of drug-likeness (QED) is 0.834. The van der Waals surface area contributed by atoms with Gasteiger partial charge in [0.15, 0.2) is 0 Å². The molecule has 0 heterocycles. The lowest BCUT2D eigenvalue weighted by Gasteiger charge is -2.21.